The summed E-state index contributed by atoms with van der Waals surface area (Å²) in [4.78, 5) is 12.1. The number of thioether (sulfide) groups is 1. The Kier molecular flexibility index (Phi) is 7.08. The van der Waals surface area contributed by atoms with Gasteiger partial charge in [0.25, 0.3) is 0 Å². The van der Waals surface area contributed by atoms with Crippen LogP contribution in [0.2, 0.25) is 0 Å². The average molecular weight is 379 g/mol. The highest BCUT2D eigenvalue weighted by Crippen LogP contribution is 2.29. The highest BCUT2D eigenvalue weighted by molar-refractivity contribution is 8.01. The van der Waals surface area contributed by atoms with Gasteiger partial charge in [-0.25, -0.2) is 8.42 Å². The van der Waals surface area contributed by atoms with Crippen molar-refractivity contribution >= 4 is 27.6 Å². The van der Waals surface area contributed by atoms with E-state index in [2.05, 4.69) is 0 Å². The summed E-state index contributed by atoms with van der Waals surface area (Å²) in [6.45, 7) is 1.91. The number of carboxylic acids is 1. The van der Waals surface area contributed by atoms with Crippen LogP contribution in [0.15, 0.2) is 64.4 Å². The van der Waals surface area contributed by atoms with Crippen LogP contribution in [0.4, 0.5) is 0 Å². The van der Waals surface area contributed by atoms with Crippen molar-refractivity contribution < 1.29 is 18.3 Å². The van der Waals surface area contributed by atoms with Gasteiger partial charge < -0.3 is 5.11 Å². The zero-order valence-corrected chi connectivity index (χ0v) is 15.7. The number of rotatable bonds is 9. The third-order valence-electron chi connectivity index (χ3n) is 3.75. The van der Waals surface area contributed by atoms with E-state index >= 15 is 0 Å². The fourth-order valence-electron chi connectivity index (χ4n) is 2.44. The standard InChI is InChI=1S/C19H22O4S2/c1-15-10-12-18(13-11-15)25(22,23)14-17(8-5-9-19(20)21)24-16-6-3-2-4-7-16/h2-4,6-7,10-13,17H,5,8-9,14H2,1H3,(H,20,21). The van der Waals surface area contributed by atoms with E-state index in [-0.39, 0.29) is 17.4 Å². The van der Waals surface area contributed by atoms with E-state index < -0.39 is 15.8 Å². The lowest BCUT2D eigenvalue weighted by Crippen LogP contribution is -2.19. The molecular formula is C19H22O4S2. The number of benzene rings is 2. The smallest absolute Gasteiger partial charge is 0.303 e. The van der Waals surface area contributed by atoms with Crippen LogP contribution in [0.5, 0.6) is 0 Å². The zero-order valence-electron chi connectivity index (χ0n) is 14.1. The molecule has 0 bridgehead atoms. The molecule has 1 unspecified atom stereocenters. The lowest BCUT2D eigenvalue weighted by Gasteiger charge is -2.17. The molecule has 2 aromatic rings. The molecular weight excluding hydrogens is 356 g/mol. The minimum absolute atomic E-state index is 0.00472. The van der Waals surface area contributed by atoms with Crippen molar-refractivity contribution in [3.63, 3.8) is 0 Å². The molecule has 0 aliphatic rings. The molecule has 0 aromatic heterocycles. The van der Waals surface area contributed by atoms with Crippen LogP contribution in [0.1, 0.15) is 24.8 Å². The number of sulfone groups is 1. The van der Waals surface area contributed by atoms with Gasteiger partial charge in [0.05, 0.1) is 10.6 Å². The van der Waals surface area contributed by atoms with E-state index in [1.165, 1.54) is 11.8 Å². The monoisotopic (exact) mass is 378 g/mol. The molecule has 0 saturated carbocycles. The van der Waals surface area contributed by atoms with Gasteiger partial charge in [-0.05, 0) is 44.0 Å². The molecule has 0 heterocycles. The Hall–Kier alpha value is -1.79. The van der Waals surface area contributed by atoms with Gasteiger partial charge in [0, 0.05) is 16.6 Å². The summed E-state index contributed by atoms with van der Waals surface area (Å²) in [5, 5.41) is 8.64. The van der Waals surface area contributed by atoms with Crippen molar-refractivity contribution in [2.45, 2.75) is 41.2 Å². The van der Waals surface area contributed by atoms with Crippen molar-refractivity contribution in [1.29, 1.82) is 0 Å². The Balaban J connectivity index is 2.12. The van der Waals surface area contributed by atoms with Crippen molar-refractivity contribution in [2.75, 3.05) is 5.75 Å². The highest BCUT2D eigenvalue weighted by atomic mass is 32.2. The molecule has 0 spiro atoms. The molecule has 134 valence electrons. The second-order valence-corrected chi connectivity index (χ2v) is 9.34. The van der Waals surface area contributed by atoms with E-state index in [9.17, 15) is 13.2 Å². The van der Waals surface area contributed by atoms with Crippen LogP contribution >= 0.6 is 11.8 Å². The number of aliphatic carboxylic acids is 1. The van der Waals surface area contributed by atoms with Crippen molar-refractivity contribution in [1.82, 2.24) is 0 Å². The highest BCUT2D eigenvalue weighted by Gasteiger charge is 2.22. The normalized spacial score (nSPS) is 12.7. The van der Waals surface area contributed by atoms with Crippen LogP contribution in [-0.4, -0.2) is 30.5 Å². The van der Waals surface area contributed by atoms with Gasteiger partial charge in [-0.3, -0.25) is 4.79 Å². The predicted molar refractivity (Wildman–Crippen MR) is 101 cm³/mol. The van der Waals surface area contributed by atoms with Gasteiger partial charge in [0.2, 0.25) is 0 Å². The molecule has 4 nitrogen and oxygen atoms in total. The first-order valence-corrected chi connectivity index (χ1v) is 10.6. The Morgan fingerprint density at radius 3 is 2.32 bits per heavy atom. The summed E-state index contributed by atoms with van der Waals surface area (Å²) in [5.74, 6) is -0.861. The summed E-state index contributed by atoms with van der Waals surface area (Å²) < 4.78 is 25.4. The van der Waals surface area contributed by atoms with Crippen molar-refractivity contribution in [3.8, 4) is 0 Å². The minimum atomic E-state index is -3.42. The largest absolute Gasteiger partial charge is 0.481 e. The van der Waals surface area contributed by atoms with E-state index in [0.29, 0.717) is 17.7 Å². The van der Waals surface area contributed by atoms with Gasteiger partial charge in [-0.2, -0.15) is 0 Å². The molecule has 1 atom stereocenters. The number of carbonyl (C=O) groups is 1. The maximum atomic E-state index is 12.7. The molecule has 0 saturated heterocycles. The summed E-state index contributed by atoms with van der Waals surface area (Å²) in [7, 11) is -3.42. The molecule has 0 aliphatic carbocycles. The molecule has 6 heteroatoms. The molecule has 0 amide bonds. The lowest BCUT2D eigenvalue weighted by molar-refractivity contribution is -0.137. The third kappa shape index (κ3) is 6.55. The molecule has 0 radical (unpaired) electrons. The second-order valence-electron chi connectivity index (χ2n) is 5.93. The quantitative estimate of drug-likeness (QED) is 0.663. The fourth-order valence-corrected chi connectivity index (χ4v) is 5.63. The maximum Gasteiger partial charge on any atom is 0.303 e. The third-order valence-corrected chi connectivity index (χ3v) is 7.07. The second kappa shape index (κ2) is 9.06. The number of carboxylic acid groups (broad SMARTS) is 1. The molecule has 1 N–H and O–H groups in total. The summed E-state index contributed by atoms with van der Waals surface area (Å²) >= 11 is 1.49. The molecule has 25 heavy (non-hydrogen) atoms. The first kappa shape index (κ1) is 19.5. The van der Waals surface area contributed by atoms with Crippen LogP contribution in [0.25, 0.3) is 0 Å². The first-order valence-electron chi connectivity index (χ1n) is 8.10. The van der Waals surface area contributed by atoms with Gasteiger partial charge in [0.1, 0.15) is 0 Å². The molecule has 2 aromatic carbocycles. The average Bonchev–Trinajstić information content (AvgIpc) is 2.55. The fraction of sp³-hybridized carbons (Fsp3) is 0.316. The number of hydrogen-bond donors (Lipinski definition) is 1. The Bertz CT molecular complexity index is 784. The van der Waals surface area contributed by atoms with Crippen LogP contribution in [0, 0.1) is 6.92 Å². The van der Waals surface area contributed by atoms with Gasteiger partial charge in [-0.15, -0.1) is 11.8 Å². The SMILES string of the molecule is Cc1ccc(S(=O)(=O)CC(CCCC(=O)O)Sc2ccccc2)cc1. The minimum Gasteiger partial charge on any atom is -0.481 e. The van der Waals surface area contributed by atoms with E-state index in [4.69, 9.17) is 5.11 Å². The predicted octanol–water partition coefficient (Wildman–Crippen LogP) is 4.18. The van der Waals surface area contributed by atoms with Crippen LogP contribution in [0.3, 0.4) is 0 Å². The summed E-state index contributed by atoms with van der Waals surface area (Å²) in [5.41, 5.74) is 1.01. The van der Waals surface area contributed by atoms with Crippen molar-refractivity contribution in [2.24, 2.45) is 0 Å². The van der Waals surface area contributed by atoms with E-state index in [0.717, 1.165) is 10.5 Å². The van der Waals surface area contributed by atoms with E-state index in [1.54, 1.807) is 24.3 Å². The summed E-state index contributed by atoms with van der Waals surface area (Å²) in [6, 6.07) is 16.4. The Labute approximate surface area is 153 Å². The maximum absolute atomic E-state index is 12.7. The Morgan fingerprint density at radius 2 is 1.72 bits per heavy atom. The zero-order chi connectivity index (χ0) is 18.3. The van der Waals surface area contributed by atoms with Crippen molar-refractivity contribution in [3.05, 3.63) is 60.2 Å². The van der Waals surface area contributed by atoms with Crippen LogP contribution in [-0.2, 0) is 14.6 Å². The van der Waals surface area contributed by atoms with Gasteiger partial charge in [0.15, 0.2) is 9.84 Å². The Morgan fingerprint density at radius 1 is 1.08 bits per heavy atom. The molecule has 0 fully saturated rings. The number of aryl methyl sites for hydroxylation is 1. The first-order chi connectivity index (χ1) is 11.9. The van der Waals surface area contributed by atoms with Crippen LogP contribution < -0.4 is 0 Å². The van der Waals surface area contributed by atoms with Gasteiger partial charge >= 0.3 is 5.97 Å². The molecule has 0 aliphatic heterocycles. The van der Waals surface area contributed by atoms with E-state index in [1.807, 2.05) is 37.3 Å². The number of hydrogen-bond acceptors (Lipinski definition) is 4. The molecule has 2 rings (SSSR count). The van der Waals surface area contributed by atoms with Gasteiger partial charge in [-0.1, -0.05) is 35.9 Å². The summed E-state index contributed by atoms with van der Waals surface area (Å²) in [6.07, 6.45) is 1.05. The lowest BCUT2D eigenvalue weighted by atomic mass is 10.2. The topological polar surface area (TPSA) is 71.4 Å².